The van der Waals surface area contributed by atoms with E-state index in [1.54, 1.807) is 0 Å². The smallest absolute Gasteiger partial charge is 0.389 e. The molecule has 0 spiro atoms. The summed E-state index contributed by atoms with van der Waals surface area (Å²) in [6, 6.07) is 2.15. The number of aliphatic hydroxyl groups excluding tert-OH is 2. The Labute approximate surface area is 101 Å². The minimum absolute atomic E-state index is 0.0527. The van der Waals surface area contributed by atoms with Crippen molar-refractivity contribution in [1.29, 1.82) is 0 Å². The molecule has 1 aromatic heterocycles. The molecule has 8 heteroatoms. The Morgan fingerprint density at radius 2 is 2.00 bits per heavy atom. The number of nitrogens with two attached hydrogens (primary N) is 1. The number of hydrogen-bond acceptors (Lipinski definition) is 5. The number of aromatic nitrogens is 1. The molecule has 2 unspecified atom stereocenters. The third-order valence-corrected chi connectivity index (χ3v) is 2.31. The summed E-state index contributed by atoms with van der Waals surface area (Å²) in [5.74, 6) is -0.304. The van der Waals surface area contributed by atoms with Gasteiger partial charge in [-0.1, -0.05) is 6.07 Å². The van der Waals surface area contributed by atoms with Gasteiger partial charge in [0.1, 0.15) is 11.9 Å². The van der Waals surface area contributed by atoms with Crippen molar-refractivity contribution in [3.05, 3.63) is 23.4 Å². The van der Waals surface area contributed by atoms with Gasteiger partial charge >= 0.3 is 6.18 Å². The van der Waals surface area contributed by atoms with Crippen molar-refractivity contribution in [2.75, 3.05) is 19.3 Å². The van der Waals surface area contributed by atoms with E-state index in [2.05, 4.69) is 10.3 Å². The van der Waals surface area contributed by atoms with Crippen LogP contribution in [0.1, 0.15) is 17.4 Å². The lowest BCUT2D eigenvalue weighted by Gasteiger charge is -2.21. The number of pyridine rings is 1. The van der Waals surface area contributed by atoms with Crippen molar-refractivity contribution in [2.24, 2.45) is 0 Å². The van der Waals surface area contributed by atoms with Crippen LogP contribution >= 0.6 is 0 Å². The molecule has 1 aromatic rings. The second-order valence-electron chi connectivity index (χ2n) is 3.74. The number of aliphatic hydroxyl groups is 2. The minimum Gasteiger partial charge on any atom is -0.389 e. The van der Waals surface area contributed by atoms with E-state index in [1.165, 1.54) is 7.05 Å². The van der Waals surface area contributed by atoms with Gasteiger partial charge in [0.2, 0.25) is 0 Å². The summed E-state index contributed by atoms with van der Waals surface area (Å²) in [6.45, 7) is -0.0527. The van der Waals surface area contributed by atoms with Gasteiger partial charge in [-0.2, -0.15) is 13.2 Å². The highest BCUT2D eigenvalue weighted by atomic mass is 19.4. The van der Waals surface area contributed by atoms with Gasteiger partial charge in [-0.15, -0.1) is 0 Å². The number of likely N-dealkylation sites (N-methyl/N-ethyl adjacent to an activating group) is 1. The molecule has 0 bridgehead atoms. The number of nitrogen functional groups attached to an aromatic ring is 1. The van der Waals surface area contributed by atoms with Crippen molar-refractivity contribution in [1.82, 2.24) is 10.3 Å². The Hall–Kier alpha value is -1.38. The molecule has 0 amide bonds. The van der Waals surface area contributed by atoms with Gasteiger partial charge in [-0.25, -0.2) is 4.98 Å². The SMILES string of the molecule is CNCC(O)C(O)c1ccc(N)nc1C(F)(F)F. The van der Waals surface area contributed by atoms with Crippen LogP contribution in [-0.4, -0.2) is 34.9 Å². The van der Waals surface area contributed by atoms with Gasteiger partial charge < -0.3 is 21.3 Å². The molecular formula is C10H14F3N3O2. The van der Waals surface area contributed by atoms with Crippen molar-refractivity contribution >= 4 is 5.82 Å². The van der Waals surface area contributed by atoms with E-state index in [4.69, 9.17) is 5.73 Å². The zero-order valence-electron chi connectivity index (χ0n) is 9.57. The van der Waals surface area contributed by atoms with Crippen LogP contribution in [0.25, 0.3) is 0 Å². The molecule has 0 radical (unpaired) electrons. The Morgan fingerprint density at radius 1 is 1.39 bits per heavy atom. The quantitative estimate of drug-likeness (QED) is 0.628. The van der Waals surface area contributed by atoms with E-state index < -0.39 is 29.6 Å². The summed E-state index contributed by atoms with van der Waals surface area (Å²) in [4.78, 5) is 3.17. The zero-order valence-corrected chi connectivity index (χ0v) is 9.57. The average molecular weight is 265 g/mol. The first-order valence-corrected chi connectivity index (χ1v) is 5.11. The zero-order chi connectivity index (χ0) is 13.9. The summed E-state index contributed by atoms with van der Waals surface area (Å²) >= 11 is 0. The van der Waals surface area contributed by atoms with Crippen LogP contribution < -0.4 is 11.1 Å². The summed E-state index contributed by atoms with van der Waals surface area (Å²) in [5, 5.41) is 21.7. The molecule has 0 saturated carbocycles. The topological polar surface area (TPSA) is 91.4 Å². The average Bonchev–Trinajstić information content (AvgIpc) is 2.27. The van der Waals surface area contributed by atoms with E-state index >= 15 is 0 Å². The highest BCUT2D eigenvalue weighted by molar-refractivity contribution is 5.37. The molecule has 18 heavy (non-hydrogen) atoms. The van der Waals surface area contributed by atoms with Crippen molar-refractivity contribution in [3.8, 4) is 0 Å². The van der Waals surface area contributed by atoms with Crippen molar-refractivity contribution in [2.45, 2.75) is 18.4 Å². The molecule has 0 fully saturated rings. The first-order chi connectivity index (χ1) is 8.27. The summed E-state index contributed by atoms with van der Waals surface area (Å²) < 4.78 is 38.1. The molecule has 5 nitrogen and oxygen atoms in total. The summed E-state index contributed by atoms with van der Waals surface area (Å²) in [6.07, 6.45) is -7.81. The largest absolute Gasteiger partial charge is 0.433 e. The maximum atomic E-state index is 12.7. The summed E-state index contributed by atoms with van der Waals surface area (Å²) in [5.41, 5.74) is 3.40. The number of nitrogens with one attached hydrogen (secondary N) is 1. The van der Waals surface area contributed by atoms with Crippen LogP contribution in [-0.2, 0) is 6.18 Å². The van der Waals surface area contributed by atoms with Crippen LogP contribution in [0.5, 0.6) is 0 Å². The molecule has 1 heterocycles. The molecule has 0 aliphatic carbocycles. The van der Waals surface area contributed by atoms with Crippen LogP contribution in [0.4, 0.5) is 19.0 Å². The lowest BCUT2D eigenvalue weighted by molar-refractivity contribution is -0.143. The maximum absolute atomic E-state index is 12.7. The van der Waals surface area contributed by atoms with E-state index in [0.717, 1.165) is 12.1 Å². The highest BCUT2D eigenvalue weighted by Gasteiger charge is 2.38. The lowest BCUT2D eigenvalue weighted by atomic mass is 10.0. The van der Waals surface area contributed by atoms with Gasteiger partial charge in [0.15, 0.2) is 5.69 Å². The van der Waals surface area contributed by atoms with E-state index in [9.17, 15) is 23.4 Å². The second kappa shape index (κ2) is 5.51. The predicted molar refractivity (Wildman–Crippen MR) is 58.5 cm³/mol. The van der Waals surface area contributed by atoms with Crippen molar-refractivity contribution in [3.63, 3.8) is 0 Å². The molecular weight excluding hydrogens is 251 g/mol. The van der Waals surface area contributed by atoms with Gasteiger partial charge in [-0.3, -0.25) is 0 Å². The van der Waals surface area contributed by atoms with Gasteiger partial charge in [-0.05, 0) is 13.1 Å². The van der Waals surface area contributed by atoms with Gasteiger partial charge in [0, 0.05) is 12.1 Å². The summed E-state index contributed by atoms with van der Waals surface area (Å²) in [7, 11) is 1.50. The van der Waals surface area contributed by atoms with Crippen LogP contribution in [0.15, 0.2) is 12.1 Å². The predicted octanol–water partition coefficient (Wildman–Crippen LogP) is 0.296. The fraction of sp³-hybridized carbons (Fsp3) is 0.500. The Kier molecular flexibility index (Phi) is 4.49. The number of rotatable bonds is 4. The molecule has 0 aliphatic rings. The van der Waals surface area contributed by atoms with Crippen molar-refractivity contribution < 1.29 is 23.4 Å². The van der Waals surface area contributed by atoms with Crippen LogP contribution in [0.2, 0.25) is 0 Å². The maximum Gasteiger partial charge on any atom is 0.433 e. The standard InChI is InChI=1S/C10H14F3N3O2/c1-15-4-6(17)8(18)5-2-3-7(14)16-9(5)10(11,12)13/h2-3,6,8,15,17-18H,4H2,1H3,(H2,14,16). The normalized spacial score (nSPS) is 15.4. The van der Waals surface area contributed by atoms with E-state index in [0.29, 0.717) is 0 Å². The number of anilines is 1. The Balaban J connectivity index is 3.15. The van der Waals surface area contributed by atoms with Crippen LogP contribution in [0.3, 0.4) is 0 Å². The van der Waals surface area contributed by atoms with Gasteiger partial charge in [0.25, 0.3) is 0 Å². The van der Waals surface area contributed by atoms with Crippen LogP contribution in [0, 0.1) is 0 Å². The third kappa shape index (κ3) is 3.31. The fourth-order valence-electron chi connectivity index (χ4n) is 1.48. The number of hydrogen-bond donors (Lipinski definition) is 4. The van der Waals surface area contributed by atoms with Gasteiger partial charge in [0.05, 0.1) is 6.10 Å². The lowest BCUT2D eigenvalue weighted by Crippen LogP contribution is -2.31. The second-order valence-corrected chi connectivity index (χ2v) is 3.74. The Bertz CT molecular complexity index is 412. The fourth-order valence-corrected chi connectivity index (χ4v) is 1.48. The molecule has 0 saturated heterocycles. The first-order valence-electron chi connectivity index (χ1n) is 5.11. The highest BCUT2D eigenvalue weighted by Crippen LogP contribution is 2.34. The van der Waals surface area contributed by atoms with E-state index in [-0.39, 0.29) is 12.4 Å². The first kappa shape index (κ1) is 14.7. The number of nitrogens with zero attached hydrogens (tertiary/aromatic N) is 1. The third-order valence-electron chi connectivity index (χ3n) is 2.31. The monoisotopic (exact) mass is 265 g/mol. The Morgan fingerprint density at radius 3 is 2.50 bits per heavy atom. The molecule has 102 valence electrons. The molecule has 5 N–H and O–H groups in total. The number of halogens is 3. The molecule has 0 aromatic carbocycles. The minimum atomic E-state index is -4.74. The number of alkyl halides is 3. The molecule has 0 aliphatic heterocycles. The van der Waals surface area contributed by atoms with E-state index in [1.807, 2.05) is 0 Å². The molecule has 1 rings (SSSR count). The molecule has 2 atom stereocenters.